The van der Waals surface area contributed by atoms with Gasteiger partial charge in [-0.05, 0) is 37.8 Å². The lowest BCUT2D eigenvalue weighted by molar-refractivity contribution is 0.0945. The second kappa shape index (κ2) is 13.5. The number of guanidine groups is 1. The Labute approximate surface area is 170 Å². The summed E-state index contributed by atoms with van der Waals surface area (Å²) < 4.78 is 11.1. The molecule has 1 aliphatic rings. The summed E-state index contributed by atoms with van der Waals surface area (Å²) in [7, 11) is 1.77. The molecule has 0 amide bonds. The number of nitrogens with zero attached hydrogens (tertiary/aromatic N) is 2. The molecule has 0 spiro atoms. The molecule has 6 nitrogen and oxygen atoms in total. The van der Waals surface area contributed by atoms with Gasteiger partial charge in [0.1, 0.15) is 0 Å². The smallest absolute Gasteiger partial charge is 0.191 e. The first kappa shape index (κ1) is 22.7. The zero-order valence-electron chi connectivity index (χ0n) is 17.8. The number of hydrogen-bond acceptors (Lipinski definition) is 4. The van der Waals surface area contributed by atoms with Crippen molar-refractivity contribution in [2.75, 3.05) is 53.0 Å². The molecular formula is C22H38N4O2. The van der Waals surface area contributed by atoms with Crippen molar-refractivity contribution >= 4 is 5.96 Å². The van der Waals surface area contributed by atoms with E-state index in [4.69, 9.17) is 14.5 Å². The number of likely N-dealkylation sites (tertiary alicyclic amines) is 1. The molecule has 1 fully saturated rings. The van der Waals surface area contributed by atoms with Crippen LogP contribution in [0.25, 0.3) is 0 Å². The van der Waals surface area contributed by atoms with Crippen LogP contribution in [-0.4, -0.2) is 69.9 Å². The molecule has 2 N–H and O–H groups in total. The van der Waals surface area contributed by atoms with Gasteiger partial charge in [0, 0.05) is 39.3 Å². The van der Waals surface area contributed by atoms with Gasteiger partial charge in [0.15, 0.2) is 5.96 Å². The van der Waals surface area contributed by atoms with Gasteiger partial charge in [-0.2, -0.15) is 0 Å². The lowest BCUT2D eigenvalue weighted by atomic mass is 10.2. The molecule has 1 saturated heterocycles. The Morgan fingerprint density at radius 1 is 1.29 bits per heavy atom. The fraction of sp³-hybridized carbons (Fsp3) is 0.682. The number of aliphatic imine (C=N–C) groups is 1. The number of methoxy groups -OCH3 is 1. The average molecular weight is 391 g/mol. The molecule has 6 heteroatoms. The predicted octanol–water partition coefficient (Wildman–Crippen LogP) is 2.51. The Balaban J connectivity index is 1.71. The van der Waals surface area contributed by atoms with E-state index in [1.54, 1.807) is 7.11 Å². The third-order valence-electron chi connectivity index (χ3n) is 5.01. The van der Waals surface area contributed by atoms with Crippen LogP contribution in [0.1, 0.15) is 32.3 Å². The van der Waals surface area contributed by atoms with E-state index in [2.05, 4.69) is 41.5 Å². The summed E-state index contributed by atoms with van der Waals surface area (Å²) in [6.45, 7) is 11.2. The highest BCUT2D eigenvalue weighted by Crippen LogP contribution is 2.15. The molecule has 2 unspecified atom stereocenters. The van der Waals surface area contributed by atoms with Gasteiger partial charge in [-0.25, -0.2) is 0 Å². The lowest BCUT2D eigenvalue weighted by Crippen LogP contribution is -2.45. The molecule has 1 heterocycles. The zero-order chi connectivity index (χ0) is 20.0. The van der Waals surface area contributed by atoms with E-state index in [0.29, 0.717) is 25.2 Å². The summed E-state index contributed by atoms with van der Waals surface area (Å²) in [5.74, 6) is 1.28. The molecule has 0 aliphatic carbocycles. The first-order valence-electron chi connectivity index (χ1n) is 10.6. The van der Waals surface area contributed by atoms with E-state index in [1.807, 2.05) is 18.2 Å². The van der Waals surface area contributed by atoms with Crippen LogP contribution >= 0.6 is 0 Å². The van der Waals surface area contributed by atoms with Crippen molar-refractivity contribution in [2.24, 2.45) is 10.9 Å². The molecule has 1 aromatic rings. The molecule has 28 heavy (non-hydrogen) atoms. The zero-order valence-corrected chi connectivity index (χ0v) is 17.8. The van der Waals surface area contributed by atoms with Crippen molar-refractivity contribution < 1.29 is 9.47 Å². The lowest BCUT2D eigenvalue weighted by Gasteiger charge is -2.25. The van der Waals surface area contributed by atoms with Crippen molar-refractivity contribution in [1.29, 1.82) is 0 Å². The highest BCUT2D eigenvalue weighted by atomic mass is 16.5. The number of nitrogens with one attached hydrogen (secondary N) is 2. The van der Waals surface area contributed by atoms with Crippen LogP contribution in [0.3, 0.4) is 0 Å². The topological polar surface area (TPSA) is 58.1 Å². The number of benzene rings is 1. The van der Waals surface area contributed by atoms with Gasteiger partial charge in [0.05, 0.1) is 19.8 Å². The van der Waals surface area contributed by atoms with Gasteiger partial charge in [-0.3, -0.25) is 9.89 Å². The van der Waals surface area contributed by atoms with Gasteiger partial charge in [0.2, 0.25) is 0 Å². The summed E-state index contributed by atoms with van der Waals surface area (Å²) in [5, 5.41) is 6.88. The Morgan fingerprint density at radius 3 is 2.86 bits per heavy atom. The quantitative estimate of drug-likeness (QED) is 0.424. The third-order valence-corrected chi connectivity index (χ3v) is 5.01. The van der Waals surface area contributed by atoms with Crippen molar-refractivity contribution in [3.63, 3.8) is 0 Å². The summed E-state index contributed by atoms with van der Waals surface area (Å²) in [4.78, 5) is 7.27. The SMILES string of the molecule is CCNC(=NCC(C)COCc1ccccc1)NCC1CCCN1CCOC. The minimum Gasteiger partial charge on any atom is -0.383 e. The van der Waals surface area contributed by atoms with Crippen LogP contribution < -0.4 is 10.6 Å². The van der Waals surface area contributed by atoms with Crippen molar-refractivity contribution in [1.82, 2.24) is 15.5 Å². The molecule has 0 bridgehead atoms. The van der Waals surface area contributed by atoms with Gasteiger partial charge in [0.25, 0.3) is 0 Å². The third kappa shape index (κ3) is 8.59. The van der Waals surface area contributed by atoms with Crippen molar-refractivity contribution in [2.45, 2.75) is 39.3 Å². The van der Waals surface area contributed by atoms with Gasteiger partial charge in [-0.15, -0.1) is 0 Å². The van der Waals surface area contributed by atoms with Crippen LogP contribution in [0.5, 0.6) is 0 Å². The van der Waals surface area contributed by atoms with E-state index < -0.39 is 0 Å². The Kier molecular flexibility index (Phi) is 10.9. The fourth-order valence-corrected chi connectivity index (χ4v) is 3.44. The first-order valence-corrected chi connectivity index (χ1v) is 10.6. The molecule has 2 atom stereocenters. The molecular weight excluding hydrogens is 352 g/mol. The Hall–Kier alpha value is -1.63. The van der Waals surface area contributed by atoms with Gasteiger partial charge >= 0.3 is 0 Å². The molecule has 1 aromatic carbocycles. The number of ether oxygens (including phenoxy) is 2. The molecule has 158 valence electrons. The maximum atomic E-state index is 5.84. The van der Waals surface area contributed by atoms with Crippen molar-refractivity contribution in [3.8, 4) is 0 Å². The van der Waals surface area contributed by atoms with Crippen molar-refractivity contribution in [3.05, 3.63) is 35.9 Å². The van der Waals surface area contributed by atoms with E-state index in [1.165, 1.54) is 24.9 Å². The van der Waals surface area contributed by atoms with Gasteiger partial charge in [-0.1, -0.05) is 37.3 Å². The van der Waals surface area contributed by atoms with E-state index in [-0.39, 0.29) is 0 Å². The Morgan fingerprint density at radius 2 is 2.11 bits per heavy atom. The van der Waals surface area contributed by atoms with Crippen LogP contribution in [0.15, 0.2) is 35.3 Å². The van der Waals surface area contributed by atoms with E-state index >= 15 is 0 Å². The number of rotatable bonds is 12. The van der Waals surface area contributed by atoms with Crippen LogP contribution in [-0.2, 0) is 16.1 Å². The maximum Gasteiger partial charge on any atom is 0.191 e. The normalized spacial score (nSPS) is 19.0. The monoisotopic (exact) mass is 390 g/mol. The van der Waals surface area contributed by atoms with E-state index in [0.717, 1.165) is 38.7 Å². The highest BCUT2D eigenvalue weighted by molar-refractivity contribution is 5.79. The van der Waals surface area contributed by atoms with E-state index in [9.17, 15) is 0 Å². The standard InChI is InChI=1S/C22H38N4O2/c1-4-23-22(25-16-21-11-8-12-26(21)13-14-27-3)24-15-19(2)17-28-18-20-9-6-5-7-10-20/h5-7,9-10,19,21H,4,8,11-18H2,1-3H3,(H2,23,24,25). The first-order chi connectivity index (χ1) is 13.7. The molecule has 2 rings (SSSR count). The molecule has 0 saturated carbocycles. The van der Waals surface area contributed by atoms with Crippen LogP contribution in [0.4, 0.5) is 0 Å². The van der Waals surface area contributed by atoms with Crippen LogP contribution in [0.2, 0.25) is 0 Å². The summed E-state index contributed by atoms with van der Waals surface area (Å²) in [6, 6.07) is 10.9. The summed E-state index contributed by atoms with van der Waals surface area (Å²) in [6.07, 6.45) is 2.50. The minimum absolute atomic E-state index is 0.379. The second-order valence-corrected chi connectivity index (χ2v) is 7.53. The molecule has 0 radical (unpaired) electrons. The largest absolute Gasteiger partial charge is 0.383 e. The highest BCUT2D eigenvalue weighted by Gasteiger charge is 2.23. The average Bonchev–Trinajstić information content (AvgIpc) is 3.16. The maximum absolute atomic E-state index is 5.84. The number of hydrogen-bond donors (Lipinski definition) is 2. The van der Waals surface area contributed by atoms with Crippen LogP contribution in [0, 0.1) is 5.92 Å². The Bertz CT molecular complexity index is 553. The molecule has 0 aromatic heterocycles. The minimum atomic E-state index is 0.379. The summed E-state index contributed by atoms with van der Waals surface area (Å²) >= 11 is 0. The second-order valence-electron chi connectivity index (χ2n) is 7.53. The predicted molar refractivity (Wildman–Crippen MR) is 116 cm³/mol. The summed E-state index contributed by atoms with van der Waals surface area (Å²) in [5.41, 5.74) is 1.21. The van der Waals surface area contributed by atoms with Gasteiger partial charge < -0.3 is 20.1 Å². The molecule has 1 aliphatic heterocycles. The fourth-order valence-electron chi connectivity index (χ4n) is 3.44.